The summed E-state index contributed by atoms with van der Waals surface area (Å²) in [4.78, 5) is 0. The van der Waals surface area contributed by atoms with Gasteiger partial charge in [-0.05, 0) is 81.5 Å². The van der Waals surface area contributed by atoms with Gasteiger partial charge < -0.3 is 15.6 Å². The summed E-state index contributed by atoms with van der Waals surface area (Å²) in [5.74, 6) is 1.24. The van der Waals surface area contributed by atoms with Crippen molar-refractivity contribution in [2.75, 3.05) is 6.54 Å². The Morgan fingerprint density at radius 2 is 1.74 bits per heavy atom. The zero-order valence-corrected chi connectivity index (χ0v) is 21.0. The number of fused-ring (bicyclic) bond motifs is 1. The smallest absolute Gasteiger partial charge is 0.0483 e. The van der Waals surface area contributed by atoms with Crippen LogP contribution in [-0.2, 0) is 6.54 Å². The number of benzene rings is 2. The van der Waals surface area contributed by atoms with Gasteiger partial charge in [-0.2, -0.15) is 0 Å². The van der Waals surface area contributed by atoms with E-state index in [4.69, 9.17) is 5.73 Å². The maximum atomic E-state index is 6.13. The number of aromatic nitrogens is 1. The van der Waals surface area contributed by atoms with E-state index in [1.54, 1.807) is 0 Å². The molecule has 34 heavy (non-hydrogen) atoms. The number of aryl methyl sites for hydroxylation is 1. The Kier molecular flexibility index (Phi) is 7.71. The molecule has 2 saturated carbocycles. The average Bonchev–Trinajstić information content (AvgIpc) is 3.22. The highest BCUT2D eigenvalue weighted by Crippen LogP contribution is 2.36. The molecule has 2 aliphatic carbocycles. The summed E-state index contributed by atoms with van der Waals surface area (Å²) in [7, 11) is 0. The molecular weight excluding hydrogens is 414 g/mol. The van der Waals surface area contributed by atoms with Crippen LogP contribution in [0, 0.1) is 12.8 Å². The Morgan fingerprint density at radius 3 is 2.53 bits per heavy atom. The zero-order valence-electron chi connectivity index (χ0n) is 21.0. The summed E-state index contributed by atoms with van der Waals surface area (Å²) in [6, 6.07) is 19.3. The van der Waals surface area contributed by atoms with Crippen molar-refractivity contribution in [3.05, 3.63) is 71.4 Å². The molecule has 3 aromatic rings. The predicted molar refractivity (Wildman–Crippen MR) is 144 cm³/mol. The fourth-order valence-corrected chi connectivity index (χ4v) is 6.50. The highest BCUT2D eigenvalue weighted by atomic mass is 15.0. The van der Waals surface area contributed by atoms with Crippen LogP contribution < -0.4 is 11.1 Å². The number of nitrogens with two attached hydrogens (primary N) is 1. The maximum absolute atomic E-state index is 6.13. The number of rotatable bonds is 8. The molecule has 0 saturated heterocycles. The van der Waals surface area contributed by atoms with Crippen LogP contribution in [0.1, 0.15) is 86.8 Å². The lowest BCUT2D eigenvalue weighted by Gasteiger charge is -2.28. The second-order valence-corrected chi connectivity index (χ2v) is 11.1. The predicted octanol–water partition coefficient (Wildman–Crippen LogP) is 6.91. The molecule has 2 aliphatic rings. The van der Waals surface area contributed by atoms with Crippen LogP contribution in [0.25, 0.3) is 10.9 Å². The van der Waals surface area contributed by atoms with Crippen LogP contribution in [-0.4, -0.2) is 23.2 Å². The van der Waals surface area contributed by atoms with E-state index in [0.29, 0.717) is 18.0 Å². The molecule has 2 fully saturated rings. The maximum Gasteiger partial charge on any atom is 0.0483 e. The third kappa shape index (κ3) is 5.58. The first-order chi connectivity index (χ1) is 16.7. The molecule has 1 aromatic heterocycles. The second-order valence-electron chi connectivity index (χ2n) is 11.1. The SMILES string of the molecule is Cc1cccc(C(CCNC2CCC(N)CC2)c2cn(CC3CCCCC3)c3ccccc23)c1. The summed E-state index contributed by atoms with van der Waals surface area (Å²) in [5, 5.41) is 5.32. The topological polar surface area (TPSA) is 43.0 Å². The number of para-hydroxylation sites is 1. The second kappa shape index (κ2) is 11.1. The standard InChI is InChI=1S/C31H43N3/c1-23-8-7-11-25(20-23)28(18-19-33-27-16-14-26(32)15-17-27)30-22-34(21-24-9-3-2-4-10-24)31-13-6-5-12-29(30)31/h5-8,11-13,20,22,24,26-28,33H,2-4,9-10,14-19,21,32H2,1H3. The van der Waals surface area contributed by atoms with Crippen molar-refractivity contribution in [2.24, 2.45) is 11.7 Å². The summed E-state index contributed by atoms with van der Waals surface area (Å²) >= 11 is 0. The number of hydrogen-bond acceptors (Lipinski definition) is 2. The van der Waals surface area contributed by atoms with Crippen LogP contribution in [0.5, 0.6) is 0 Å². The molecule has 1 atom stereocenters. The molecule has 0 bridgehead atoms. The zero-order chi connectivity index (χ0) is 23.3. The quantitative estimate of drug-likeness (QED) is 0.386. The van der Waals surface area contributed by atoms with E-state index in [0.717, 1.165) is 31.7 Å². The monoisotopic (exact) mass is 457 g/mol. The minimum Gasteiger partial charge on any atom is -0.347 e. The minimum atomic E-state index is 0.411. The van der Waals surface area contributed by atoms with Crippen molar-refractivity contribution >= 4 is 10.9 Å². The van der Waals surface area contributed by atoms with E-state index in [1.807, 2.05) is 0 Å². The molecule has 2 aromatic carbocycles. The molecule has 5 rings (SSSR count). The molecule has 1 unspecified atom stereocenters. The van der Waals surface area contributed by atoms with E-state index in [1.165, 1.54) is 79.1 Å². The number of hydrogen-bond donors (Lipinski definition) is 2. The highest BCUT2D eigenvalue weighted by molar-refractivity contribution is 5.85. The normalized spacial score (nSPS) is 22.8. The number of nitrogens with one attached hydrogen (secondary N) is 1. The van der Waals surface area contributed by atoms with Gasteiger partial charge in [-0.25, -0.2) is 0 Å². The lowest BCUT2D eigenvalue weighted by atomic mass is 9.87. The molecule has 0 spiro atoms. The fraction of sp³-hybridized carbons (Fsp3) is 0.548. The average molecular weight is 458 g/mol. The summed E-state index contributed by atoms with van der Waals surface area (Å²) < 4.78 is 2.58. The molecule has 182 valence electrons. The van der Waals surface area contributed by atoms with Gasteiger partial charge in [0, 0.05) is 41.6 Å². The van der Waals surface area contributed by atoms with Crippen LogP contribution in [0.3, 0.4) is 0 Å². The molecular formula is C31H43N3. The third-order valence-electron chi connectivity index (χ3n) is 8.46. The molecule has 0 radical (unpaired) electrons. The van der Waals surface area contributed by atoms with E-state index in [2.05, 4.69) is 71.5 Å². The number of nitrogens with zero attached hydrogens (tertiary/aromatic N) is 1. The van der Waals surface area contributed by atoms with Crippen molar-refractivity contribution in [2.45, 2.75) is 95.7 Å². The first-order valence-corrected chi connectivity index (χ1v) is 13.8. The van der Waals surface area contributed by atoms with Crippen molar-refractivity contribution in [1.82, 2.24) is 9.88 Å². The van der Waals surface area contributed by atoms with E-state index < -0.39 is 0 Å². The summed E-state index contributed by atoms with van der Waals surface area (Å²) in [5.41, 5.74) is 11.8. The first kappa shape index (κ1) is 23.6. The van der Waals surface area contributed by atoms with Gasteiger partial charge in [0.05, 0.1) is 0 Å². The molecule has 3 N–H and O–H groups in total. The van der Waals surface area contributed by atoms with Crippen LogP contribution in [0.4, 0.5) is 0 Å². The molecule has 0 aliphatic heterocycles. The van der Waals surface area contributed by atoms with Crippen molar-refractivity contribution < 1.29 is 0 Å². The Hall–Kier alpha value is -2.10. The summed E-state index contributed by atoms with van der Waals surface area (Å²) in [6.45, 7) is 4.44. The van der Waals surface area contributed by atoms with Gasteiger partial charge in [-0.1, -0.05) is 67.3 Å². The summed E-state index contributed by atoms with van der Waals surface area (Å²) in [6.07, 6.45) is 15.4. The van der Waals surface area contributed by atoms with Crippen LogP contribution in [0.2, 0.25) is 0 Å². The molecule has 1 heterocycles. The Bertz CT molecular complexity index is 1050. The van der Waals surface area contributed by atoms with Gasteiger partial charge in [0.15, 0.2) is 0 Å². The molecule has 0 amide bonds. The van der Waals surface area contributed by atoms with E-state index in [9.17, 15) is 0 Å². The Labute approximate surface area is 206 Å². The fourth-order valence-electron chi connectivity index (χ4n) is 6.50. The van der Waals surface area contributed by atoms with Gasteiger partial charge in [0.25, 0.3) is 0 Å². The van der Waals surface area contributed by atoms with Gasteiger partial charge in [0.1, 0.15) is 0 Å². The first-order valence-electron chi connectivity index (χ1n) is 13.8. The lowest BCUT2D eigenvalue weighted by molar-refractivity contribution is 0.322. The van der Waals surface area contributed by atoms with Gasteiger partial charge >= 0.3 is 0 Å². The van der Waals surface area contributed by atoms with Crippen molar-refractivity contribution in [3.63, 3.8) is 0 Å². The van der Waals surface area contributed by atoms with Crippen LogP contribution in [0.15, 0.2) is 54.7 Å². The largest absolute Gasteiger partial charge is 0.347 e. The Balaban J connectivity index is 1.41. The van der Waals surface area contributed by atoms with Gasteiger partial charge in [-0.3, -0.25) is 0 Å². The molecule has 3 nitrogen and oxygen atoms in total. The third-order valence-corrected chi connectivity index (χ3v) is 8.46. The van der Waals surface area contributed by atoms with Gasteiger partial charge in [-0.15, -0.1) is 0 Å². The lowest BCUT2D eigenvalue weighted by Crippen LogP contribution is -2.38. The minimum absolute atomic E-state index is 0.411. The van der Waals surface area contributed by atoms with E-state index >= 15 is 0 Å². The van der Waals surface area contributed by atoms with Crippen molar-refractivity contribution in [3.8, 4) is 0 Å². The molecule has 3 heteroatoms. The highest BCUT2D eigenvalue weighted by Gasteiger charge is 2.23. The van der Waals surface area contributed by atoms with Crippen molar-refractivity contribution in [1.29, 1.82) is 0 Å². The van der Waals surface area contributed by atoms with E-state index in [-0.39, 0.29) is 0 Å². The Morgan fingerprint density at radius 1 is 0.941 bits per heavy atom. The van der Waals surface area contributed by atoms with Gasteiger partial charge in [0.2, 0.25) is 0 Å². The van der Waals surface area contributed by atoms with Crippen LogP contribution >= 0.6 is 0 Å².